The van der Waals surface area contributed by atoms with Crippen molar-refractivity contribution < 1.29 is 0 Å². The smallest absolute Gasteiger partial charge is 0.191 e. The van der Waals surface area contributed by atoms with E-state index in [2.05, 4.69) is 46.2 Å². The largest absolute Gasteiger partial charge is 0.357 e. The Bertz CT molecular complexity index is 487. The van der Waals surface area contributed by atoms with Crippen LogP contribution < -0.4 is 10.6 Å². The van der Waals surface area contributed by atoms with Crippen LogP contribution in [0.4, 0.5) is 0 Å². The van der Waals surface area contributed by atoms with E-state index in [1.807, 2.05) is 0 Å². The van der Waals surface area contributed by atoms with E-state index in [0.717, 1.165) is 43.8 Å². The minimum absolute atomic E-state index is 0.567. The van der Waals surface area contributed by atoms with Gasteiger partial charge in [0.15, 0.2) is 5.96 Å². The maximum atomic E-state index is 4.73. The zero-order valence-corrected chi connectivity index (χ0v) is 15.6. The summed E-state index contributed by atoms with van der Waals surface area (Å²) >= 11 is 0. The second kappa shape index (κ2) is 10.3. The highest BCUT2D eigenvalue weighted by molar-refractivity contribution is 5.80. The number of aliphatic imine (C=N–C) groups is 1. The summed E-state index contributed by atoms with van der Waals surface area (Å²) in [7, 11) is 0. The van der Waals surface area contributed by atoms with Crippen LogP contribution in [0.5, 0.6) is 0 Å². The molecule has 0 aliphatic heterocycles. The van der Waals surface area contributed by atoms with Gasteiger partial charge < -0.3 is 15.2 Å². The van der Waals surface area contributed by atoms with Crippen molar-refractivity contribution in [1.82, 2.24) is 25.4 Å². The van der Waals surface area contributed by atoms with E-state index in [0.29, 0.717) is 6.04 Å². The number of hydrogen-bond acceptors (Lipinski definition) is 3. The van der Waals surface area contributed by atoms with Gasteiger partial charge in [-0.25, -0.2) is 0 Å². The molecule has 6 nitrogen and oxygen atoms in total. The van der Waals surface area contributed by atoms with Crippen molar-refractivity contribution in [3.05, 3.63) is 12.2 Å². The lowest BCUT2D eigenvalue weighted by molar-refractivity contribution is 0.295. The summed E-state index contributed by atoms with van der Waals surface area (Å²) in [5, 5.41) is 15.1. The average Bonchev–Trinajstić information content (AvgIpc) is 3.04. The molecule has 0 radical (unpaired) electrons. The van der Waals surface area contributed by atoms with Crippen molar-refractivity contribution in [2.24, 2.45) is 10.9 Å². The molecule has 136 valence electrons. The fraction of sp³-hybridized carbons (Fsp3) is 0.833. The third-order valence-corrected chi connectivity index (χ3v) is 4.85. The number of nitrogens with one attached hydrogen (secondary N) is 2. The molecule has 0 unspecified atom stereocenters. The number of guanidine groups is 1. The monoisotopic (exact) mass is 334 g/mol. The molecule has 2 rings (SSSR count). The van der Waals surface area contributed by atoms with Gasteiger partial charge in [0.25, 0.3) is 0 Å². The fourth-order valence-electron chi connectivity index (χ4n) is 3.53. The average molecular weight is 335 g/mol. The summed E-state index contributed by atoms with van der Waals surface area (Å²) in [5.74, 6) is 2.91. The summed E-state index contributed by atoms with van der Waals surface area (Å²) < 4.78 is 2.09. The standard InChI is InChI=1S/C18H34N6/c1-4-7-15-8-10-16(11-9-15)22-18(19-6-3)20-12-13-24-14-21-23-17(24)5-2/h14-16H,4-13H2,1-3H3,(H2,19,20,22). The highest BCUT2D eigenvalue weighted by atomic mass is 15.3. The van der Waals surface area contributed by atoms with Crippen LogP contribution in [0.15, 0.2) is 11.3 Å². The van der Waals surface area contributed by atoms with E-state index in [1.54, 1.807) is 6.33 Å². The Morgan fingerprint density at radius 3 is 2.71 bits per heavy atom. The summed E-state index contributed by atoms with van der Waals surface area (Å²) in [5.41, 5.74) is 0. The molecule has 6 heteroatoms. The molecule has 0 bridgehead atoms. The molecule has 0 saturated heterocycles. The van der Waals surface area contributed by atoms with Crippen molar-refractivity contribution in [2.45, 2.75) is 78.3 Å². The molecule has 24 heavy (non-hydrogen) atoms. The van der Waals surface area contributed by atoms with Crippen molar-refractivity contribution in [1.29, 1.82) is 0 Å². The number of hydrogen-bond donors (Lipinski definition) is 2. The van der Waals surface area contributed by atoms with Gasteiger partial charge in [0, 0.05) is 25.6 Å². The Hall–Kier alpha value is -1.59. The third-order valence-electron chi connectivity index (χ3n) is 4.85. The van der Waals surface area contributed by atoms with Crippen LogP contribution in [-0.4, -0.2) is 39.9 Å². The Balaban J connectivity index is 1.80. The molecule has 1 aromatic heterocycles. The molecule has 0 aromatic carbocycles. The van der Waals surface area contributed by atoms with E-state index < -0.39 is 0 Å². The van der Waals surface area contributed by atoms with Gasteiger partial charge in [0.05, 0.1) is 6.54 Å². The van der Waals surface area contributed by atoms with Gasteiger partial charge in [-0.3, -0.25) is 4.99 Å². The number of aromatic nitrogens is 3. The maximum Gasteiger partial charge on any atom is 0.191 e. The van der Waals surface area contributed by atoms with Crippen molar-refractivity contribution in [3.63, 3.8) is 0 Å². The number of aryl methyl sites for hydroxylation is 1. The molecule has 1 fully saturated rings. The Kier molecular flexibility index (Phi) is 8.05. The Labute approximate surface area is 146 Å². The van der Waals surface area contributed by atoms with Crippen LogP contribution in [0.3, 0.4) is 0 Å². The highest BCUT2D eigenvalue weighted by Gasteiger charge is 2.21. The first-order valence-electron chi connectivity index (χ1n) is 9.68. The Morgan fingerprint density at radius 1 is 1.25 bits per heavy atom. The predicted octanol–water partition coefficient (Wildman–Crippen LogP) is 2.75. The molecule has 1 saturated carbocycles. The first-order valence-corrected chi connectivity index (χ1v) is 9.68. The summed E-state index contributed by atoms with van der Waals surface area (Å²) in [4.78, 5) is 4.73. The molecule has 1 heterocycles. The molecule has 1 aromatic rings. The summed E-state index contributed by atoms with van der Waals surface area (Å²) in [6.45, 7) is 8.97. The molecule has 1 aliphatic rings. The van der Waals surface area contributed by atoms with Crippen molar-refractivity contribution in [2.75, 3.05) is 13.1 Å². The lowest BCUT2D eigenvalue weighted by Crippen LogP contribution is -2.45. The number of nitrogens with zero attached hydrogens (tertiary/aromatic N) is 4. The van der Waals surface area contributed by atoms with Crippen LogP contribution >= 0.6 is 0 Å². The van der Waals surface area contributed by atoms with Gasteiger partial charge >= 0.3 is 0 Å². The molecular formula is C18H34N6. The summed E-state index contributed by atoms with van der Waals surface area (Å²) in [6, 6.07) is 0.567. The van der Waals surface area contributed by atoms with E-state index >= 15 is 0 Å². The first-order chi connectivity index (χ1) is 11.8. The quantitative estimate of drug-likeness (QED) is 0.567. The molecule has 0 spiro atoms. The second-order valence-electron chi connectivity index (χ2n) is 6.71. The molecule has 0 amide bonds. The summed E-state index contributed by atoms with van der Waals surface area (Å²) in [6.07, 6.45) is 10.6. The maximum absolute atomic E-state index is 4.73. The fourth-order valence-corrected chi connectivity index (χ4v) is 3.53. The zero-order chi connectivity index (χ0) is 17.2. The lowest BCUT2D eigenvalue weighted by Gasteiger charge is -2.30. The Morgan fingerprint density at radius 2 is 2.04 bits per heavy atom. The number of rotatable bonds is 8. The van der Waals surface area contributed by atoms with Crippen LogP contribution in [0.25, 0.3) is 0 Å². The minimum atomic E-state index is 0.567. The topological polar surface area (TPSA) is 67.1 Å². The minimum Gasteiger partial charge on any atom is -0.357 e. The van der Waals surface area contributed by atoms with E-state index in [4.69, 9.17) is 4.99 Å². The van der Waals surface area contributed by atoms with Crippen LogP contribution in [0.1, 0.15) is 65.1 Å². The van der Waals surface area contributed by atoms with E-state index in [-0.39, 0.29) is 0 Å². The molecular weight excluding hydrogens is 300 g/mol. The van der Waals surface area contributed by atoms with Crippen LogP contribution in [0, 0.1) is 5.92 Å². The van der Waals surface area contributed by atoms with E-state index in [9.17, 15) is 0 Å². The zero-order valence-electron chi connectivity index (χ0n) is 15.6. The van der Waals surface area contributed by atoms with Gasteiger partial charge in [-0.15, -0.1) is 10.2 Å². The van der Waals surface area contributed by atoms with Gasteiger partial charge in [-0.05, 0) is 38.5 Å². The van der Waals surface area contributed by atoms with E-state index in [1.165, 1.54) is 38.5 Å². The highest BCUT2D eigenvalue weighted by Crippen LogP contribution is 2.27. The SMILES string of the molecule is CCCC1CCC(NC(=NCCn2cnnc2CC)NCC)CC1. The lowest BCUT2D eigenvalue weighted by atomic mass is 9.83. The van der Waals surface area contributed by atoms with Gasteiger partial charge in [0.2, 0.25) is 0 Å². The molecule has 2 N–H and O–H groups in total. The normalized spacial score (nSPS) is 21.7. The third kappa shape index (κ3) is 5.80. The predicted molar refractivity (Wildman–Crippen MR) is 99.2 cm³/mol. The first kappa shape index (κ1) is 18.7. The van der Waals surface area contributed by atoms with Gasteiger partial charge in [0.1, 0.15) is 12.2 Å². The molecule has 0 atom stereocenters. The van der Waals surface area contributed by atoms with Crippen molar-refractivity contribution in [3.8, 4) is 0 Å². The second-order valence-corrected chi connectivity index (χ2v) is 6.71. The van der Waals surface area contributed by atoms with Crippen LogP contribution in [-0.2, 0) is 13.0 Å². The molecule has 1 aliphatic carbocycles. The van der Waals surface area contributed by atoms with Gasteiger partial charge in [-0.1, -0.05) is 26.7 Å². The van der Waals surface area contributed by atoms with Crippen molar-refractivity contribution >= 4 is 5.96 Å². The van der Waals surface area contributed by atoms with Crippen LogP contribution in [0.2, 0.25) is 0 Å². The van der Waals surface area contributed by atoms with Gasteiger partial charge in [-0.2, -0.15) is 0 Å².